The number of amidine groups is 1. The third kappa shape index (κ3) is 2.56. The Morgan fingerprint density at radius 3 is 2.79 bits per heavy atom. The Hall–Kier alpha value is -1.63. The van der Waals surface area contributed by atoms with Gasteiger partial charge >= 0.3 is 0 Å². The summed E-state index contributed by atoms with van der Waals surface area (Å²) in [4.78, 5) is 4.05. The van der Waals surface area contributed by atoms with Crippen LogP contribution in [0, 0.1) is 5.82 Å². The first-order valence-corrected chi connectivity index (χ1v) is 7.37. The second-order valence-corrected chi connectivity index (χ2v) is 5.89. The molecule has 1 aromatic carbocycles. The number of aliphatic imine (C=N–C) groups is 1. The average Bonchev–Trinajstić information content (AvgIpc) is 2.79. The molecule has 1 aliphatic rings. The van der Waals surface area contributed by atoms with Crippen molar-refractivity contribution in [2.75, 3.05) is 19.7 Å². The quantitative estimate of drug-likeness (QED) is 0.845. The number of halogens is 1. The van der Waals surface area contributed by atoms with Gasteiger partial charge in [0.15, 0.2) is 11.6 Å². The van der Waals surface area contributed by atoms with Crippen LogP contribution in [-0.2, 0) is 10.0 Å². The van der Waals surface area contributed by atoms with Crippen molar-refractivity contribution >= 4 is 15.9 Å². The number of hydrogen-bond donors (Lipinski definition) is 0. The number of sulfonamides is 1. The van der Waals surface area contributed by atoms with E-state index in [0.717, 1.165) is 6.07 Å². The van der Waals surface area contributed by atoms with Crippen LogP contribution in [0.25, 0.3) is 0 Å². The molecule has 1 aromatic rings. The van der Waals surface area contributed by atoms with Gasteiger partial charge in [-0.05, 0) is 26.0 Å². The molecule has 0 saturated carbocycles. The third-order valence-corrected chi connectivity index (χ3v) is 4.67. The van der Waals surface area contributed by atoms with Gasteiger partial charge in [0.25, 0.3) is 10.0 Å². The van der Waals surface area contributed by atoms with Crippen LogP contribution in [0.3, 0.4) is 0 Å². The highest BCUT2D eigenvalue weighted by molar-refractivity contribution is 7.89. The third-order valence-electron chi connectivity index (χ3n) is 2.80. The van der Waals surface area contributed by atoms with Crippen LogP contribution in [0.2, 0.25) is 0 Å². The van der Waals surface area contributed by atoms with Gasteiger partial charge in [-0.25, -0.2) is 12.8 Å². The van der Waals surface area contributed by atoms with Crippen molar-refractivity contribution in [2.45, 2.75) is 18.7 Å². The molecule has 104 valence electrons. The summed E-state index contributed by atoms with van der Waals surface area (Å²) in [6.07, 6.45) is 0. The van der Waals surface area contributed by atoms with E-state index in [1.165, 1.54) is 16.4 Å². The number of benzene rings is 1. The van der Waals surface area contributed by atoms with Crippen molar-refractivity contribution in [1.82, 2.24) is 4.31 Å². The molecule has 19 heavy (non-hydrogen) atoms. The minimum atomic E-state index is -3.69. The lowest BCUT2D eigenvalue weighted by molar-refractivity contribution is 0.320. The topological polar surface area (TPSA) is 59.0 Å². The van der Waals surface area contributed by atoms with Gasteiger partial charge in [-0.2, -0.15) is 0 Å². The Balaban J connectivity index is 2.41. The molecular weight excluding hydrogens is 271 g/mol. The normalized spacial score (nSPS) is 15.5. The minimum Gasteiger partial charge on any atom is -0.491 e. The second kappa shape index (κ2) is 5.16. The largest absolute Gasteiger partial charge is 0.491 e. The molecule has 0 bridgehead atoms. The lowest BCUT2D eigenvalue weighted by atomic mass is 10.3. The van der Waals surface area contributed by atoms with E-state index in [9.17, 15) is 12.8 Å². The van der Waals surface area contributed by atoms with Gasteiger partial charge < -0.3 is 4.74 Å². The van der Waals surface area contributed by atoms with Crippen molar-refractivity contribution in [3.63, 3.8) is 0 Å². The summed E-state index contributed by atoms with van der Waals surface area (Å²) < 4.78 is 44.5. The molecule has 0 spiro atoms. The molecule has 1 aliphatic heterocycles. The van der Waals surface area contributed by atoms with Crippen molar-refractivity contribution in [3.05, 3.63) is 24.0 Å². The highest BCUT2D eigenvalue weighted by atomic mass is 32.2. The van der Waals surface area contributed by atoms with E-state index < -0.39 is 15.8 Å². The van der Waals surface area contributed by atoms with Crippen LogP contribution >= 0.6 is 0 Å². The first kappa shape index (κ1) is 13.8. The Labute approximate surface area is 111 Å². The Kier molecular flexibility index (Phi) is 3.75. The van der Waals surface area contributed by atoms with Gasteiger partial charge in [0, 0.05) is 6.07 Å². The number of nitrogens with zero attached hydrogens (tertiary/aromatic N) is 2. The van der Waals surface area contributed by atoms with E-state index in [2.05, 4.69) is 4.99 Å². The molecule has 0 fully saturated rings. The first-order chi connectivity index (χ1) is 8.96. The maximum absolute atomic E-state index is 13.4. The molecule has 0 amide bonds. The zero-order valence-corrected chi connectivity index (χ0v) is 11.6. The molecule has 1 heterocycles. The van der Waals surface area contributed by atoms with Gasteiger partial charge in [-0.15, -0.1) is 0 Å². The van der Waals surface area contributed by atoms with Crippen molar-refractivity contribution < 1.29 is 17.5 Å². The van der Waals surface area contributed by atoms with Gasteiger partial charge in [-0.3, -0.25) is 9.30 Å². The fourth-order valence-electron chi connectivity index (χ4n) is 1.87. The molecule has 0 atom stereocenters. The van der Waals surface area contributed by atoms with E-state index >= 15 is 0 Å². The molecule has 0 radical (unpaired) electrons. The summed E-state index contributed by atoms with van der Waals surface area (Å²) in [5.41, 5.74) is 0. The molecule has 5 nitrogen and oxygen atoms in total. The molecule has 0 N–H and O–H groups in total. The number of hydrogen-bond acceptors (Lipinski definition) is 4. The van der Waals surface area contributed by atoms with Gasteiger partial charge in [0.05, 0.1) is 24.6 Å². The molecule has 0 aromatic heterocycles. The van der Waals surface area contributed by atoms with Crippen LogP contribution < -0.4 is 4.74 Å². The molecule has 0 unspecified atom stereocenters. The van der Waals surface area contributed by atoms with Gasteiger partial charge in [-0.1, -0.05) is 0 Å². The monoisotopic (exact) mass is 286 g/mol. The second-order valence-electron chi connectivity index (χ2n) is 4.03. The Morgan fingerprint density at radius 2 is 2.21 bits per heavy atom. The van der Waals surface area contributed by atoms with E-state index in [1.54, 1.807) is 13.8 Å². The predicted molar refractivity (Wildman–Crippen MR) is 69.4 cm³/mol. The minimum absolute atomic E-state index is 0.00815. The molecule has 0 aliphatic carbocycles. The summed E-state index contributed by atoms with van der Waals surface area (Å²) in [5.74, 6) is -0.188. The van der Waals surface area contributed by atoms with Crippen LogP contribution in [0.1, 0.15) is 13.8 Å². The average molecular weight is 286 g/mol. The van der Waals surface area contributed by atoms with Gasteiger partial charge in [0.1, 0.15) is 5.84 Å². The molecular formula is C12H15FN2O3S. The fourth-order valence-corrected chi connectivity index (χ4v) is 3.35. The predicted octanol–water partition coefficient (Wildman–Crippen LogP) is 1.65. The van der Waals surface area contributed by atoms with Crippen LogP contribution in [0.15, 0.2) is 28.1 Å². The molecule has 2 rings (SSSR count). The summed E-state index contributed by atoms with van der Waals surface area (Å²) in [5, 5.41) is 0. The summed E-state index contributed by atoms with van der Waals surface area (Å²) in [6, 6.07) is 3.54. The standard InChI is InChI=1S/C12H15FN2O3S/c1-3-18-12-8-10(4-5-11(12)13)19(16,17)15-7-6-14-9(15)2/h4-5,8H,3,6-7H2,1-2H3. The van der Waals surface area contributed by atoms with E-state index in [1.807, 2.05) is 0 Å². The lowest BCUT2D eigenvalue weighted by Crippen LogP contribution is -2.32. The van der Waals surface area contributed by atoms with E-state index in [-0.39, 0.29) is 17.3 Å². The summed E-state index contributed by atoms with van der Waals surface area (Å²) in [6.45, 7) is 4.38. The van der Waals surface area contributed by atoms with E-state index in [0.29, 0.717) is 18.9 Å². The van der Waals surface area contributed by atoms with Crippen molar-refractivity contribution in [2.24, 2.45) is 4.99 Å². The fraction of sp³-hybridized carbons (Fsp3) is 0.417. The lowest BCUT2D eigenvalue weighted by Gasteiger charge is -2.18. The van der Waals surface area contributed by atoms with Crippen LogP contribution in [0.5, 0.6) is 5.75 Å². The van der Waals surface area contributed by atoms with Gasteiger partial charge in [0.2, 0.25) is 0 Å². The highest BCUT2D eigenvalue weighted by Crippen LogP contribution is 2.25. The summed E-state index contributed by atoms with van der Waals surface area (Å²) in [7, 11) is -3.69. The summed E-state index contributed by atoms with van der Waals surface area (Å²) >= 11 is 0. The number of rotatable bonds is 4. The first-order valence-electron chi connectivity index (χ1n) is 5.93. The maximum Gasteiger partial charge on any atom is 0.265 e. The SMILES string of the molecule is CCOc1cc(S(=O)(=O)N2CCN=C2C)ccc1F. The zero-order valence-electron chi connectivity index (χ0n) is 10.8. The Morgan fingerprint density at radius 1 is 1.47 bits per heavy atom. The Bertz CT molecular complexity index is 613. The molecule has 7 heteroatoms. The zero-order chi connectivity index (χ0) is 14.0. The smallest absolute Gasteiger partial charge is 0.265 e. The van der Waals surface area contributed by atoms with Crippen LogP contribution in [0.4, 0.5) is 4.39 Å². The number of ether oxygens (including phenoxy) is 1. The van der Waals surface area contributed by atoms with Crippen LogP contribution in [-0.4, -0.2) is 38.3 Å². The molecule has 0 saturated heterocycles. The highest BCUT2D eigenvalue weighted by Gasteiger charge is 2.28. The maximum atomic E-state index is 13.4. The van der Waals surface area contributed by atoms with Crippen molar-refractivity contribution in [1.29, 1.82) is 0 Å². The van der Waals surface area contributed by atoms with Crippen molar-refractivity contribution in [3.8, 4) is 5.75 Å². The van der Waals surface area contributed by atoms with E-state index in [4.69, 9.17) is 4.74 Å².